The normalized spacial score (nSPS) is 11.9. The van der Waals surface area contributed by atoms with E-state index in [9.17, 15) is 0 Å². The third-order valence-corrected chi connectivity index (χ3v) is 6.81. The topological polar surface area (TPSA) is 137 Å². The third kappa shape index (κ3) is 7.68. The minimum absolute atomic E-state index is 0.235. The van der Waals surface area contributed by atoms with E-state index >= 15 is 0 Å². The molecule has 3 aromatic heterocycles. The maximum Gasteiger partial charge on any atom is 0.239 e. The first-order valence-electron chi connectivity index (χ1n) is 13.7. The van der Waals surface area contributed by atoms with Gasteiger partial charge in [0.15, 0.2) is 0 Å². The second kappa shape index (κ2) is 17.5. The minimum Gasteiger partial charge on any atom is -0.380 e. The molecule has 0 atom stereocenters. The van der Waals surface area contributed by atoms with Crippen LogP contribution in [0.5, 0.6) is 0 Å². The fraction of sp³-hybridized carbons (Fsp3) is 0.679. The van der Waals surface area contributed by atoms with Gasteiger partial charge >= 0.3 is 0 Å². The van der Waals surface area contributed by atoms with E-state index in [4.69, 9.17) is 57.9 Å². The summed E-state index contributed by atoms with van der Waals surface area (Å²) < 4.78 is 55.9. The van der Waals surface area contributed by atoms with Gasteiger partial charge in [0.1, 0.15) is 0 Å². The molecule has 242 valence electrons. The Kier molecular flexibility index (Phi) is 14.2. The quantitative estimate of drug-likeness (QED) is 0.175. The van der Waals surface area contributed by atoms with E-state index in [1.165, 1.54) is 0 Å². The summed E-state index contributed by atoms with van der Waals surface area (Å²) in [4.78, 5) is 0. The smallest absolute Gasteiger partial charge is 0.239 e. The van der Waals surface area contributed by atoms with Gasteiger partial charge in [-0.25, -0.2) is 14.0 Å². The number of ether oxygens (including phenoxy) is 9. The molecule has 3 rings (SSSR count). The fourth-order valence-electron chi connectivity index (χ4n) is 5.11. The fourth-order valence-corrected chi connectivity index (χ4v) is 5.11. The highest BCUT2D eigenvalue weighted by Crippen LogP contribution is 2.30. The molecule has 0 amide bonds. The maximum atomic E-state index is 5.69. The van der Waals surface area contributed by atoms with Crippen molar-refractivity contribution >= 4 is 0 Å². The number of aromatic nitrogens is 6. The van der Waals surface area contributed by atoms with Crippen LogP contribution in [0.15, 0.2) is 0 Å². The molecule has 0 aliphatic carbocycles. The molecule has 3 aromatic rings. The molecular formula is C28H46N6O9. The lowest BCUT2D eigenvalue weighted by Crippen LogP contribution is -2.33. The van der Waals surface area contributed by atoms with Crippen molar-refractivity contribution in [2.75, 3.05) is 64.0 Å². The summed E-state index contributed by atoms with van der Waals surface area (Å²) in [6.45, 7) is 2.38. The Balaban J connectivity index is 2.52. The second-order valence-corrected chi connectivity index (χ2v) is 9.69. The number of rotatable bonds is 21. The SMILES string of the molecule is COCc1nn(C(n2nc(COC)c(COC)c2COC)n2nc(COC)c(COC)c2COC)c(COC)c1COC. The molecule has 0 saturated heterocycles. The van der Waals surface area contributed by atoms with Gasteiger partial charge < -0.3 is 42.6 Å². The zero-order valence-electron chi connectivity index (χ0n) is 26.8. The van der Waals surface area contributed by atoms with Gasteiger partial charge in [0.25, 0.3) is 0 Å². The predicted octanol–water partition coefficient (Wildman–Crippen LogP) is 2.15. The van der Waals surface area contributed by atoms with Crippen LogP contribution in [-0.4, -0.2) is 93.3 Å². The molecule has 0 fully saturated rings. The third-order valence-electron chi connectivity index (χ3n) is 6.81. The number of nitrogens with zero attached hydrogens (tertiary/aromatic N) is 6. The molecule has 0 bridgehead atoms. The summed E-state index contributed by atoms with van der Waals surface area (Å²) in [5.41, 5.74) is 6.94. The lowest BCUT2D eigenvalue weighted by atomic mass is 10.2. The molecule has 15 heteroatoms. The van der Waals surface area contributed by atoms with Crippen LogP contribution in [0.1, 0.15) is 57.1 Å². The Morgan fingerprint density at radius 1 is 0.372 bits per heavy atom. The lowest BCUT2D eigenvalue weighted by Gasteiger charge is -2.25. The summed E-state index contributed by atoms with van der Waals surface area (Å²) in [5.74, 6) is 0. The Hall–Kier alpha value is -2.73. The van der Waals surface area contributed by atoms with Crippen molar-refractivity contribution in [3.63, 3.8) is 0 Å². The van der Waals surface area contributed by atoms with Gasteiger partial charge in [0.05, 0.1) is 93.6 Å². The summed E-state index contributed by atoms with van der Waals surface area (Å²) in [6.07, 6.45) is -0.788. The van der Waals surface area contributed by atoms with Gasteiger partial charge in [0, 0.05) is 80.7 Å². The van der Waals surface area contributed by atoms with Gasteiger partial charge in [-0.3, -0.25) is 0 Å². The van der Waals surface area contributed by atoms with E-state index in [1.807, 2.05) is 14.0 Å². The molecule has 15 nitrogen and oxygen atoms in total. The van der Waals surface area contributed by atoms with Crippen molar-refractivity contribution in [3.05, 3.63) is 50.9 Å². The standard InChI is InChI=1S/C28H46N6O9/c1-35-10-19-22(13-38-4)29-32(25(19)16-41-7)28(33-26(17-42-8)20(11-36-2)23(30-33)14-39-5)34-27(18-43-9)21(12-37-3)24(31-34)15-40-6/h28H,10-18H2,1-9H3. The van der Waals surface area contributed by atoms with E-state index in [0.717, 1.165) is 33.8 Å². The molecule has 43 heavy (non-hydrogen) atoms. The number of hydrogen-bond donors (Lipinski definition) is 0. The first-order chi connectivity index (χ1) is 21.0. The number of hydrogen-bond acceptors (Lipinski definition) is 12. The highest BCUT2D eigenvalue weighted by atomic mass is 16.5. The van der Waals surface area contributed by atoms with Gasteiger partial charge in [-0.05, 0) is 0 Å². The molecule has 0 aromatic carbocycles. The molecule has 0 unspecified atom stereocenters. The van der Waals surface area contributed by atoms with Crippen LogP contribution in [0.4, 0.5) is 0 Å². The first kappa shape index (κ1) is 34.8. The van der Waals surface area contributed by atoms with Crippen LogP contribution in [-0.2, 0) is 102 Å². The Morgan fingerprint density at radius 2 is 0.605 bits per heavy atom. The highest BCUT2D eigenvalue weighted by molar-refractivity contribution is 5.31. The van der Waals surface area contributed by atoms with E-state index in [0.29, 0.717) is 36.9 Å². The van der Waals surface area contributed by atoms with Crippen LogP contribution < -0.4 is 0 Å². The van der Waals surface area contributed by atoms with Crippen LogP contribution in [0.25, 0.3) is 0 Å². The van der Waals surface area contributed by atoms with E-state index in [1.54, 1.807) is 64.0 Å². The minimum atomic E-state index is -0.788. The zero-order chi connectivity index (χ0) is 31.4. The molecule has 0 spiro atoms. The molecule has 0 aliphatic heterocycles. The maximum absolute atomic E-state index is 5.69. The lowest BCUT2D eigenvalue weighted by molar-refractivity contribution is 0.135. The molecule has 0 saturated carbocycles. The molecule has 0 aliphatic rings. The highest BCUT2D eigenvalue weighted by Gasteiger charge is 2.33. The van der Waals surface area contributed by atoms with Crippen molar-refractivity contribution in [1.29, 1.82) is 0 Å². The van der Waals surface area contributed by atoms with Gasteiger partial charge in [-0.15, -0.1) is 0 Å². The van der Waals surface area contributed by atoms with Crippen molar-refractivity contribution < 1.29 is 42.6 Å². The average molecular weight is 611 g/mol. The molecule has 3 heterocycles. The largest absolute Gasteiger partial charge is 0.380 e. The van der Waals surface area contributed by atoms with E-state index in [2.05, 4.69) is 0 Å². The predicted molar refractivity (Wildman–Crippen MR) is 153 cm³/mol. The van der Waals surface area contributed by atoms with Crippen molar-refractivity contribution in [1.82, 2.24) is 29.3 Å². The average Bonchev–Trinajstić information content (AvgIpc) is 3.60. The Morgan fingerprint density at radius 3 is 0.814 bits per heavy atom. The summed E-state index contributed by atoms with van der Waals surface area (Å²) in [5, 5.41) is 15.2. The number of methoxy groups -OCH3 is 9. The summed E-state index contributed by atoms with van der Waals surface area (Å²) >= 11 is 0. The van der Waals surface area contributed by atoms with Crippen molar-refractivity contribution in [3.8, 4) is 0 Å². The van der Waals surface area contributed by atoms with Crippen LogP contribution in [0.2, 0.25) is 0 Å². The second-order valence-electron chi connectivity index (χ2n) is 9.69. The van der Waals surface area contributed by atoms with Crippen molar-refractivity contribution in [2.24, 2.45) is 0 Å². The Labute approximate surface area is 252 Å². The molecular weight excluding hydrogens is 564 g/mol. The van der Waals surface area contributed by atoms with Gasteiger partial charge in [0.2, 0.25) is 6.29 Å². The summed E-state index contributed by atoms with van der Waals surface area (Å²) in [6, 6.07) is 0. The van der Waals surface area contributed by atoms with Gasteiger partial charge in [-0.1, -0.05) is 0 Å². The zero-order valence-corrected chi connectivity index (χ0v) is 26.8. The summed E-state index contributed by atoms with van der Waals surface area (Å²) in [7, 11) is 14.7. The van der Waals surface area contributed by atoms with Gasteiger partial charge in [-0.2, -0.15) is 15.3 Å². The Bertz CT molecular complexity index is 1120. The molecule has 0 radical (unpaired) electrons. The van der Waals surface area contributed by atoms with Crippen LogP contribution in [0, 0.1) is 0 Å². The first-order valence-corrected chi connectivity index (χ1v) is 13.7. The molecule has 0 N–H and O–H groups in total. The van der Waals surface area contributed by atoms with Crippen LogP contribution in [0.3, 0.4) is 0 Å². The van der Waals surface area contributed by atoms with Crippen LogP contribution >= 0.6 is 0 Å². The monoisotopic (exact) mass is 610 g/mol. The van der Waals surface area contributed by atoms with E-state index < -0.39 is 6.29 Å². The van der Waals surface area contributed by atoms with Crippen molar-refractivity contribution in [2.45, 2.75) is 65.8 Å². The van der Waals surface area contributed by atoms with E-state index in [-0.39, 0.29) is 39.6 Å².